The van der Waals surface area contributed by atoms with E-state index in [-0.39, 0.29) is 11.2 Å². The van der Waals surface area contributed by atoms with Crippen molar-refractivity contribution in [2.24, 2.45) is 11.8 Å². The van der Waals surface area contributed by atoms with Crippen LogP contribution in [0.5, 0.6) is 0 Å². The lowest BCUT2D eigenvalue weighted by molar-refractivity contribution is -0.188. The maximum Gasteiger partial charge on any atom is 0.0844 e. The van der Waals surface area contributed by atoms with Gasteiger partial charge >= 0.3 is 0 Å². The molecule has 16 heavy (non-hydrogen) atoms. The van der Waals surface area contributed by atoms with Gasteiger partial charge in [0.2, 0.25) is 0 Å². The van der Waals surface area contributed by atoms with Crippen LogP contribution in [0.4, 0.5) is 0 Å². The van der Waals surface area contributed by atoms with Gasteiger partial charge in [-0.15, -0.1) is 6.58 Å². The fraction of sp³-hybridized carbons (Fsp3) is 0.733. The molecule has 1 fully saturated rings. The minimum atomic E-state index is -0.154. The molecule has 0 saturated carbocycles. The highest BCUT2D eigenvalue weighted by Gasteiger charge is 2.47. The molecule has 0 N–H and O–H groups in total. The Morgan fingerprint density at radius 3 is 2.75 bits per heavy atom. The Bertz CT molecular complexity index is 326. The van der Waals surface area contributed by atoms with Gasteiger partial charge in [-0.05, 0) is 58.8 Å². The predicted octanol–water partition coefficient (Wildman–Crippen LogP) is 4.10. The van der Waals surface area contributed by atoms with Crippen LogP contribution in [0.3, 0.4) is 0 Å². The van der Waals surface area contributed by atoms with E-state index >= 15 is 0 Å². The SMILES string of the molecule is C=C[C@@]1(C)C[C@@H]2C=C(C)CC[C@H]2C(C)(C)O1. The van der Waals surface area contributed by atoms with Crippen LogP contribution in [0.2, 0.25) is 0 Å². The summed E-state index contributed by atoms with van der Waals surface area (Å²) in [6.45, 7) is 12.8. The molecule has 1 heteroatoms. The van der Waals surface area contributed by atoms with Crippen molar-refractivity contribution in [1.29, 1.82) is 0 Å². The summed E-state index contributed by atoms with van der Waals surface area (Å²) in [7, 11) is 0. The number of hydrogen-bond acceptors (Lipinski definition) is 1. The number of rotatable bonds is 1. The maximum absolute atomic E-state index is 6.27. The van der Waals surface area contributed by atoms with Gasteiger partial charge in [0.15, 0.2) is 0 Å². The second kappa shape index (κ2) is 3.73. The molecule has 0 aromatic rings. The summed E-state index contributed by atoms with van der Waals surface area (Å²) in [6, 6.07) is 0. The summed E-state index contributed by atoms with van der Waals surface area (Å²) in [5.74, 6) is 1.34. The molecule has 1 saturated heterocycles. The molecule has 90 valence electrons. The normalized spacial score (nSPS) is 42.1. The smallest absolute Gasteiger partial charge is 0.0844 e. The number of allylic oxidation sites excluding steroid dienone is 2. The van der Waals surface area contributed by atoms with Gasteiger partial charge in [-0.3, -0.25) is 0 Å². The Kier molecular flexibility index (Phi) is 2.78. The van der Waals surface area contributed by atoms with E-state index in [0.717, 1.165) is 6.42 Å². The average molecular weight is 220 g/mol. The van der Waals surface area contributed by atoms with Crippen LogP contribution in [-0.2, 0) is 4.74 Å². The highest BCUT2D eigenvalue weighted by Crippen LogP contribution is 2.48. The first-order valence-electron chi connectivity index (χ1n) is 6.37. The Morgan fingerprint density at radius 2 is 2.12 bits per heavy atom. The molecule has 2 rings (SSSR count). The summed E-state index contributed by atoms with van der Waals surface area (Å²) in [5.41, 5.74) is 1.37. The van der Waals surface area contributed by atoms with Gasteiger partial charge in [-0.1, -0.05) is 17.7 Å². The van der Waals surface area contributed by atoms with Crippen LogP contribution >= 0.6 is 0 Å². The Morgan fingerprint density at radius 1 is 1.44 bits per heavy atom. The lowest BCUT2D eigenvalue weighted by Gasteiger charge is -2.52. The molecular weight excluding hydrogens is 196 g/mol. The number of ether oxygens (including phenoxy) is 1. The van der Waals surface area contributed by atoms with Gasteiger partial charge in [-0.2, -0.15) is 0 Å². The van der Waals surface area contributed by atoms with E-state index in [1.165, 1.54) is 12.8 Å². The highest BCUT2D eigenvalue weighted by atomic mass is 16.5. The van der Waals surface area contributed by atoms with Crippen molar-refractivity contribution >= 4 is 0 Å². The summed E-state index contributed by atoms with van der Waals surface area (Å²) in [6.07, 6.45) is 8.04. The van der Waals surface area contributed by atoms with E-state index in [4.69, 9.17) is 4.74 Å². The zero-order valence-electron chi connectivity index (χ0n) is 11.0. The molecule has 2 aliphatic rings. The van der Waals surface area contributed by atoms with Crippen LogP contribution in [0.15, 0.2) is 24.3 Å². The lowest BCUT2D eigenvalue weighted by Crippen LogP contribution is -2.52. The average Bonchev–Trinajstić information content (AvgIpc) is 2.15. The first kappa shape index (κ1) is 11.9. The third kappa shape index (κ3) is 1.98. The predicted molar refractivity (Wildman–Crippen MR) is 68.4 cm³/mol. The van der Waals surface area contributed by atoms with Crippen LogP contribution < -0.4 is 0 Å². The molecule has 0 aromatic carbocycles. The second-order valence-corrected chi connectivity index (χ2v) is 6.25. The zero-order valence-corrected chi connectivity index (χ0v) is 11.0. The van der Waals surface area contributed by atoms with Gasteiger partial charge in [-0.25, -0.2) is 0 Å². The quantitative estimate of drug-likeness (QED) is 0.604. The van der Waals surface area contributed by atoms with Gasteiger partial charge in [0.25, 0.3) is 0 Å². The van der Waals surface area contributed by atoms with Crippen LogP contribution in [-0.4, -0.2) is 11.2 Å². The molecule has 0 amide bonds. The lowest BCUT2D eigenvalue weighted by atomic mass is 9.66. The number of fused-ring (bicyclic) bond motifs is 1. The van der Waals surface area contributed by atoms with E-state index in [1.807, 2.05) is 6.08 Å². The third-order valence-electron chi connectivity index (χ3n) is 4.33. The van der Waals surface area contributed by atoms with Crippen molar-refractivity contribution in [2.45, 2.75) is 58.2 Å². The summed E-state index contributed by atoms with van der Waals surface area (Å²) in [5, 5.41) is 0. The minimum absolute atomic E-state index is 0.0247. The molecule has 1 nitrogen and oxygen atoms in total. The second-order valence-electron chi connectivity index (χ2n) is 6.25. The minimum Gasteiger partial charge on any atom is -0.365 e. The van der Waals surface area contributed by atoms with Crippen molar-refractivity contribution in [3.63, 3.8) is 0 Å². The molecule has 0 unspecified atom stereocenters. The number of hydrogen-bond donors (Lipinski definition) is 0. The summed E-state index contributed by atoms with van der Waals surface area (Å²) < 4.78 is 6.27. The Hall–Kier alpha value is -0.560. The fourth-order valence-electron chi connectivity index (χ4n) is 3.54. The molecule has 0 bridgehead atoms. The molecule has 1 heterocycles. The first-order chi connectivity index (χ1) is 7.36. The topological polar surface area (TPSA) is 9.23 Å². The molecular formula is C15H24O. The molecule has 0 spiro atoms. The van der Waals surface area contributed by atoms with Crippen molar-refractivity contribution in [2.75, 3.05) is 0 Å². The summed E-state index contributed by atoms with van der Waals surface area (Å²) >= 11 is 0. The van der Waals surface area contributed by atoms with E-state index in [1.54, 1.807) is 5.57 Å². The molecule has 1 aliphatic heterocycles. The van der Waals surface area contributed by atoms with Gasteiger partial charge in [0.05, 0.1) is 11.2 Å². The van der Waals surface area contributed by atoms with E-state index in [9.17, 15) is 0 Å². The van der Waals surface area contributed by atoms with Crippen molar-refractivity contribution in [3.05, 3.63) is 24.3 Å². The first-order valence-corrected chi connectivity index (χ1v) is 6.37. The van der Waals surface area contributed by atoms with Crippen LogP contribution in [0.25, 0.3) is 0 Å². The molecule has 1 aliphatic carbocycles. The van der Waals surface area contributed by atoms with Crippen molar-refractivity contribution in [3.8, 4) is 0 Å². The molecule has 3 atom stereocenters. The Balaban J connectivity index is 2.31. The van der Waals surface area contributed by atoms with Crippen LogP contribution in [0, 0.1) is 11.8 Å². The van der Waals surface area contributed by atoms with E-state index < -0.39 is 0 Å². The van der Waals surface area contributed by atoms with Gasteiger partial charge in [0, 0.05) is 0 Å². The standard InChI is InChI=1S/C15H24O/c1-6-15(5)10-12-9-11(2)7-8-13(12)14(3,4)16-15/h6,9,12-13H,1,7-8,10H2,2-5H3/t12-,13+,15-/m0/s1. The molecule has 0 radical (unpaired) electrons. The fourth-order valence-corrected chi connectivity index (χ4v) is 3.54. The molecule has 0 aromatic heterocycles. The Labute approximate surface area is 99.6 Å². The van der Waals surface area contributed by atoms with Gasteiger partial charge < -0.3 is 4.74 Å². The maximum atomic E-state index is 6.27. The van der Waals surface area contributed by atoms with Crippen molar-refractivity contribution < 1.29 is 4.74 Å². The monoisotopic (exact) mass is 220 g/mol. The van der Waals surface area contributed by atoms with Gasteiger partial charge in [0.1, 0.15) is 0 Å². The van der Waals surface area contributed by atoms with E-state index in [0.29, 0.717) is 11.8 Å². The largest absolute Gasteiger partial charge is 0.365 e. The van der Waals surface area contributed by atoms with Crippen LogP contribution in [0.1, 0.15) is 47.0 Å². The highest BCUT2D eigenvalue weighted by molar-refractivity contribution is 5.15. The van der Waals surface area contributed by atoms with Crippen molar-refractivity contribution in [1.82, 2.24) is 0 Å². The van der Waals surface area contributed by atoms with E-state index in [2.05, 4.69) is 40.3 Å². The zero-order chi connectivity index (χ0) is 12.0. The summed E-state index contributed by atoms with van der Waals surface area (Å²) in [4.78, 5) is 0. The third-order valence-corrected chi connectivity index (χ3v) is 4.33.